The van der Waals surface area contributed by atoms with E-state index < -0.39 is 10.0 Å². The summed E-state index contributed by atoms with van der Waals surface area (Å²) in [5, 5.41) is 2.72. The van der Waals surface area contributed by atoms with E-state index in [1.807, 2.05) is 24.3 Å². The summed E-state index contributed by atoms with van der Waals surface area (Å²) in [4.78, 5) is 12.1. The first-order valence-electron chi connectivity index (χ1n) is 6.44. The number of hydrogen-bond acceptors (Lipinski definition) is 3. The van der Waals surface area contributed by atoms with Crippen LogP contribution in [-0.4, -0.2) is 20.6 Å². The molecule has 0 saturated carbocycles. The van der Waals surface area contributed by atoms with Gasteiger partial charge in [-0.05, 0) is 29.8 Å². The molecule has 7 heteroatoms. The quantitative estimate of drug-likeness (QED) is 0.834. The van der Waals surface area contributed by atoms with Gasteiger partial charge in [0.05, 0.1) is 24.1 Å². The minimum Gasteiger partial charge on any atom is -0.324 e. The zero-order valence-corrected chi connectivity index (χ0v) is 14.2. The minimum atomic E-state index is -3.41. The van der Waals surface area contributed by atoms with Gasteiger partial charge in [-0.3, -0.25) is 9.52 Å². The summed E-state index contributed by atoms with van der Waals surface area (Å²) >= 11 is 3.36. The van der Waals surface area contributed by atoms with Gasteiger partial charge in [-0.1, -0.05) is 40.2 Å². The van der Waals surface area contributed by atoms with Crippen molar-refractivity contribution in [2.75, 3.05) is 16.3 Å². The number of carbonyl (C=O) groups is 1. The summed E-state index contributed by atoms with van der Waals surface area (Å²) in [6.07, 6.45) is 1.26. The summed E-state index contributed by atoms with van der Waals surface area (Å²) < 4.78 is 26.0. The summed E-state index contributed by atoms with van der Waals surface area (Å²) in [6.45, 7) is 0. The first kappa shape index (κ1) is 16.5. The van der Waals surface area contributed by atoms with Gasteiger partial charge in [0.2, 0.25) is 15.9 Å². The maximum absolute atomic E-state index is 12.1. The summed E-state index contributed by atoms with van der Waals surface area (Å²) in [5.41, 5.74) is 1.63. The Morgan fingerprint density at radius 2 is 1.77 bits per heavy atom. The lowest BCUT2D eigenvalue weighted by Crippen LogP contribution is -2.17. The number of hydrogen-bond donors (Lipinski definition) is 2. The van der Waals surface area contributed by atoms with Crippen molar-refractivity contribution in [1.82, 2.24) is 0 Å². The summed E-state index contributed by atoms with van der Waals surface area (Å²) in [5.74, 6) is -0.221. The number of rotatable bonds is 5. The van der Waals surface area contributed by atoms with Crippen LogP contribution in [0.15, 0.2) is 53.0 Å². The van der Waals surface area contributed by atoms with Crippen molar-refractivity contribution in [2.45, 2.75) is 6.42 Å². The van der Waals surface area contributed by atoms with E-state index >= 15 is 0 Å². The Balaban J connectivity index is 2.12. The molecule has 0 bridgehead atoms. The number of nitrogens with one attached hydrogen (secondary N) is 2. The first-order chi connectivity index (χ1) is 10.3. The van der Waals surface area contributed by atoms with Crippen molar-refractivity contribution >= 4 is 43.2 Å². The monoisotopic (exact) mass is 382 g/mol. The van der Waals surface area contributed by atoms with E-state index in [0.29, 0.717) is 11.4 Å². The lowest BCUT2D eigenvalue weighted by atomic mass is 10.1. The van der Waals surface area contributed by atoms with Gasteiger partial charge in [0.1, 0.15) is 0 Å². The fraction of sp³-hybridized carbons (Fsp3) is 0.133. The highest BCUT2D eigenvalue weighted by Gasteiger charge is 2.10. The van der Waals surface area contributed by atoms with E-state index in [2.05, 4.69) is 26.0 Å². The number of carbonyl (C=O) groups excluding carboxylic acids is 1. The van der Waals surface area contributed by atoms with E-state index in [4.69, 9.17) is 0 Å². The average molecular weight is 383 g/mol. The highest BCUT2D eigenvalue weighted by molar-refractivity contribution is 9.10. The van der Waals surface area contributed by atoms with Gasteiger partial charge in [0.25, 0.3) is 0 Å². The van der Waals surface area contributed by atoms with Crippen LogP contribution in [0.25, 0.3) is 0 Å². The molecule has 2 aromatic rings. The molecule has 0 saturated heterocycles. The highest BCUT2D eigenvalue weighted by Crippen LogP contribution is 2.22. The molecule has 0 fully saturated rings. The number of amides is 1. The first-order valence-corrected chi connectivity index (χ1v) is 9.13. The maximum Gasteiger partial charge on any atom is 0.229 e. The molecular weight excluding hydrogens is 368 g/mol. The van der Waals surface area contributed by atoms with Crippen LogP contribution < -0.4 is 10.0 Å². The van der Waals surface area contributed by atoms with Crippen molar-refractivity contribution in [3.05, 3.63) is 58.6 Å². The van der Waals surface area contributed by atoms with Gasteiger partial charge in [-0.2, -0.15) is 0 Å². The molecule has 22 heavy (non-hydrogen) atoms. The predicted octanol–water partition coefficient (Wildman–Crippen LogP) is 3.00. The molecule has 5 nitrogen and oxygen atoms in total. The highest BCUT2D eigenvalue weighted by atomic mass is 79.9. The smallest absolute Gasteiger partial charge is 0.229 e. The molecule has 0 aromatic heterocycles. The molecule has 0 spiro atoms. The molecule has 0 unspecified atom stereocenters. The standard InChI is InChI=1S/C15H15BrN2O3S/c1-22(20,21)18-14-8-3-2-7-13(14)17-15(19)10-11-5-4-6-12(16)9-11/h2-9,18H,10H2,1H3,(H,17,19). The molecule has 0 aliphatic rings. The number of anilines is 2. The number of para-hydroxylation sites is 2. The van der Waals surface area contributed by atoms with Gasteiger partial charge in [-0.15, -0.1) is 0 Å². The number of sulfonamides is 1. The Morgan fingerprint density at radius 3 is 2.41 bits per heavy atom. The van der Waals surface area contributed by atoms with Gasteiger partial charge in [0, 0.05) is 4.47 Å². The zero-order valence-electron chi connectivity index (χ0n) is 11.8. The van der Waals surface area contributed by atoms with Gasteiger partial charge < -0.3 is 5.32 Å². The maximum atomic E-state index is 12.1. The second-order valence-corrected chi connectivity index (χ2v) is 7.44. The SMILES string of the molecule is CS(=O)(=O)Nc1ccccc1NC(=O)Cc1cccc(Br)c1. The lowest BCUT2D eigenvalue weighted by Gasteiger charge is -2.12. The van der Waals surface area contributed by atoms with Crippen molar-refractivity contribution in [3.63, 3.8) is 0 Å². The Morgan fingerprint density at radius 1 is 1.09 bits per heavy atom. The van der Waals surface area contributed by atoms with Crippen LogP contribution in [0.2, 0.25) is 0 Å². The molecule has 0 aliphatic carbocycles. The fourth-order valence-electron chi connectivity index (χ4n) is 1.91. The van der Waals surface area contributed by atoms with Crippen LogP contribution in [0.1, 0.15) is 5.56 Å². The molecule has 2 N–H and O–H groups in total. The van der Waals surface area contributed by atoms with E-state index in [1.54, 1.807) is 24.3 Å². The summed E-state index contributed by atoms with van der Waals surface area (Å²) in [7, 11) is -3.41. The number of halogens is 1. The molecule has 2 rings (SSSR count). The predicted molar refractivity (Wildman–Crippen MR) is 91.4 cm³/mol. The largest absolute Gasteiger partial charge is 0.324 e. The average Bonchev–Trinajstić information content (AvgIpc) is 2.39. The third-order valence-corrected chi connectivity index (χ3v) is 3.83. The molecule has 0 heterocycles. The van der Waals surface area contributed by atoms with Crippen molar-refractivity contribution in [1.29, 1.82) is 0 Å². The second kappa shape index (κ2) is 6.93. The van der Waals surface area contributed by atoms with Crippen molar-refractivity contribution < 1.29 is 13.2 Å². The van der Waals surface area contributed by atoms with Crippen LogP contribution in [0.4, 0.5) is 11.4 Å². The second-order valence-electron chi connectivity index (χ2n) is 4.77. The van der Waals surface area contributed by atoms with Crippen molar-refractivity contribution in [2.24, 2.45) is 0 Å². The Hall–Kier alpha value is -1.86. The molecule has 1 amide bonds. The van der Waals surface area contributed by atoms with Crippen LogP contribution >= 0.6 is 15.9 Å². The third kappa shape index (κ3) is 5.16. The van der Waals surface area contributed by atoms with Gasteiger partial charge in [0.15, 0.2) is 0 Å². The fourth-order valence-corrected chi connectivity index (χ4v) is 2.93. The van der Waals surface area contributed by atoms with Crippen LogP contribution in [-0.2, 0) is 21.2 Å². The number of benzene rings is 2. The normalized spacial score (nSPS) is 11.0. The molecule has 0 radical (unpaired) electrons. The van der Waals surface area contributed by atoms with Crippen LogP contribution in [0.5, 0.6) is 0 Å². The Bertz CT molecular complexity index is 791. The van der Waals surface area contributed by atoms with Crippen molar-refractivity contribution in [3.8, 4) is 0 Å². The van der Waals surface area contributed by atoms with Gasteiger partial charge >= 0.3 is 0 Å². The van der Waals surface area contributed by atoms with Crippen LogP contribution in [0, 0.1) is 0 Å². The Labute approximate surface area is 137 Å². The lowest BCUT2D eigenvalue weighted by molar-refractivity contribution is -0.115. The zero-order chi connectivity index (χ0) is 16.2. The van der Waals surface area contributed by atoms with Crippen LogP contribution in [0.3, 0.4) is 0 Å². The molecular formula is C15H15BrN2O3S. The van der Waals surface area contributed by atoms with Gasteiger partial charge in [-0.25, -0.2) is 8.42 Å². The van der Waals surface area contributed by atoms with E-state index in [9.17, 15) is 13.2 Å². The Kier molecular flexibility index (Phi) is 5.20. The van der Waals surface area contributed by atoms with E-state index in [0.717, 1.165) is 16.3 Å². The molecule has 2 aromatic carbocycles. The van der Waals surface area contributed by atoms with E-state index in [-0.39, 0.29) is 12.3 Å². The minimum absolute atomic E-state index is 0.201. The molecule has 0 aliphatic heterocycles. The third-order valence-electron chi connectivity index (χ3n) is 2.75. The summed E-state index contributed by atoms with van der Waals surface area (Å²) in [6, 6.07) is 14.1. The topological polar surface area (TPSA) is 75.3 Å². The molecule has 116 valence electrons. The molecule has 0 atom stereocenters. The van der Waals surface area contributed by atoms with E-state index in [1.165, 1.54) is 0 Å².